The summed E-state index contributed by atoms with van der Waals surface area (Å²) in [5.74, 6) is -0.136. The van der Waals surface area contributed by atoms with Gasteiger partial charge in [-0.2, -0.15) is 6.08 Å². The fourth-order valence-corrected chi connectivity index (χ4v) is 1.49. The van der Waals surface area contributed by atoms with Gasteiger partial charge in [-0.1, -0.05) is 52.8 Å². The van der Waals surface area contributed by atoms with E-state index in [-0.39, 0.29) is 50.9 Å². The molecule has 0 bridgehead atoms. The van der Waals surface area contributed by atoms with E-state index in [1.54, 1.807) is 12.2 Å². The molecule has 2 aromatic carbocycles. The van der Waals surface area contributed by atoms with E-state index >= 15 is 0 Å². The Morgan fingerprint density at radius 3 is 1.75 bits per heavy atom. The SMILES string of the molecule is Cl[C-](Cl)Cl.O=C([C-]=Cc1ccccc1)C=Cc1ccccc1.[Pd+2].[Pd]. The fraction of sp³-hybridized carbons (Fsp3) is 0. The van der Waals surface area contributed by atoms with Crippen LogP contribution < -0.4 is 0 Å². The Bertz CT molecular complexity index is 560. The van der Waals surface area contributed by atoms with Crippen LogP contribution in [0.2, 0.25) is 0 Å². The van der Waals surface area contributed by atoms with Crippen molar-refractivity contribution in [2.45, 2.75) is 0 Å². The molecule has 0 saturated carbocycles. The van der Waals surface area contributed by atoms with Crippen LogP contribution in [0.3, 0.4) is 0 Å². The molecule has 0 saturated heterocycles. The third kappa shape index (κ3) is 14.2. The smallest absolute Gasteiger partial charge is 0.319 e. The molecule has 0 heterocycles. The normalized spacial score (nSPS) is 9.83. The largest absolute Gasteiger partial charge is 2.00 e. The van der Waals surface area contributed by atoms with E-state index in [1.807, 2.05) is 60.7 Å². The summed E-state index contributed by atoms with van der Waals surface area (Å²) in [4.78, 5) is 11.6. The van der Waals surface area contributed by atoms with Gasteiger partial charge in [-0.3, -0.25) is 0 Å². The van der Waals surface area contributed by atoms with E-state index in [0.29, 0.717) is 0 Å². The number of rotatable bonds is 4. The summed E-state index contributed by atoms with van der Waals surface area (Å²) in [6.45, 7) is 0. The zero-order chi connectivity index (χ0) is 16.2. The quantitative estimate of drug-likeness (QED) is 0.256. The molecular formula is C18H13Cl3OPd2. The monoisotopic (exact) mass is 562 g/mol. The van der Waals surface area contributed by atoms with Crippen LogP contribution in [0, 0.1) is 10.4 Å². The Morgan fingerprint density at radius 1 is 0.875 bits per heavy atom. The van der Waals surface area contributed by atoms with E-state index in [4.69, 9.17) is 34.8 Å². The number of allylic oxidation sites excluding steroid dienone is 2. The van der Waals surface area contributed by atoms with E-state index in [0.717, 1.165) is 11.1 Å². The fourth-order valence-electron chi connectivity index (χ4n) is 1.49. The van der Waals surface area contributed by atoms with Crippen LogP contribution in [0.4, 0.5) is 0 Å². The number of carbonyl (C=O) groups is 1. The molecule has 0 N–H and O–H groups in total. The Kier molecular flexibility index (Phi) is 17.6. The molecule has 132 valence electrons. The summed E-state index contributed by atoms with van der Waals surface area (Å²) in [6.07, 6.45) is 7.72. The number of carbonyl (C=O) groups excluding carboxylic acids is 1. The van der Waals surface area contributed by atoms with E-state index in [1.165, 1.54) is 6.08 Å². The van der Waals surface area contributed by atoms with Gasteiger partial charge in [-0.25, -0.2) is 0 Å². The molecule has 0 aliphatic carbocycles. The molecular weight excluding hydrogens is 551 g/mol. The predicted octanol–water partition coefficient (Wildman–Crippen LogP) is 5.93. The predicted molar refractivity (Wildman–Crippen MR) is 95.4 cm³/mol. The third-order valence-electron chi connectivity index (χ3n) is 2.41. The van der Waals surface area contributed by atoms with Crippen LogP contribution >= 0.6 is 34.8 Å². The van der Waals surface area contributed by atoms with Crippen molar-refractivity contribution in [2.24, 2.45) is 0 Å². The first-order chi connectivity index (χ1) is 10.6. The molecule has 24 heavy (non-hydrogen) atoms. The molecule has 0 atom stereocenters. The molecule has 0 aliphatic heterocycles. The average molecular weight is 565 g/mol. The second kappa shape index (κ2) is 16.3. The summed E-state index contributed by atoms with van der Waals surface area (Å²) in [6, 6.07) is 19.4. The Hall–Kier alpha value is -0.215. The number of halogens is 3. The maximum atomic E-state index is 11.6. The van der Waals surface area contributed by atoms with Crippen molar-refractivity contribution in [3.8, 4) is 0 Å². The molecule has 0 aromatic heterocycles. The molecule has 0 spiro atoms. The summed E-state index contributed by atoms with van der Waals surface area (Å²) >= 11 is 14.2. The maximum absolute atomic E-state index is 11.6. The molecule has 0 unspecified atom stereocenters. The van der Waals surface area contributed by atoms with Gasteiger partial charge in [0.05, 0.1) is 5.78 Å². The molecule has 2 rings (SSSR count). The topological polar surface area (TPSA) is 17.1 Å². The van der Waals surface area contributed by atoms with Gasteiger partial charge in [-0.05, 0) is 5.56 Å². The first kappa shape index (κ1) is 26.0. The summed E-state index contributed by atoms with van der Waals surface area (Å²) in [7, 11) is 0. The standard InChI is InChI=1S/C17H13O.CCl3.2Pd/c18-17(13-11-15-7-3-1-4-8-15)14-12-16-9-5-2-6-10-16;2-1(3)4;;/h1-13H;;;/q2*-1;;+2. The van der Waals surface area contributed by atoms with Gasteiger partial charge < -0.3 is 39.6 Å². The summed E-state index contributed by atoms with van der Waals surface area (Å²) < 4.78 is -0.167. The number of hydrogen-bond acceptors (Lipinski definition) is 1. The van der Waals surface area contributed by atoms with Crippen LogP contribution in [0.5, 0.6) is 0 Å². The van der Waals surface area contributed by atoms with Crippen LogP contribution in [0.25, 0.3) is 12.2 Å². The van der Waals surface area contributed by atoms with Gasteiger partial charge in [-0.15, -0.1) is 35.9 Å². The van der Waals surface area contributed by atoms with E-state index < -0.39 is 0 Å². The maximum Gasteiger partial charge on any atom is 2.00 e. The van der Waals surface area contributed by atoms with E-state index in [2.05, 4.69) is 6.08 Å². The molecule has 0 fully saturated rings. The van der Waals surface area contributed by atoms with Crippen LogP contribution in [-0.2, 0) is 45.6 Å². The second-order valence-electron chi connectivity index (χ2n) is 4.02. The van der Waals surface area contributed by atoms with Crippen LogP contribution in [0.15, 0.2) is 66.7 Å². The Morgan fingerprint density at radius 2 is 1.29 bits per heavy atom. The minimum absolute atomic E-state index is 0. The van der Waals surface area contributed by atoms with Gasteiger partial charge in [0.25, 0.3) is 0 Å². The van der Waals surface area contributed by atoms with Crippen LogP contribution in [0.1, 0.15) is 11.1 Å². The Balaban J connectivity index is 0. The molecule has 6 heteroatoms. The van der Waals surface area contributed by atoms with Gasteiger partial charge >= 0.3 is 20.4 Å². The zero-order valence-corrected chi connectivity index (χ0v) is 17.6. The van der Waals surface area contributed by atoms with Gasteiger partial charge in [0.15, 0.2) is 0 Å². The van der Waals surface area contributed by atoms with Gasteiger partial charge in [0.1, 0.15) is 0 Å². The molecule has 0 amide bonds. The molecule has 1 nitrogen and oxygen atoms in total. The van der Waals surface area contributed by atoms with Gasteiger partial charge in [0, 0.05) is 20.4 Å². The second-order valence-corrected chi connectivity index (χ2v) is 5.74. The average Bonchev–Trinajstić information content (AvgIpc) is 2.52. The molecule has 0 radical (unpaired) electrons. The number of benzene rings is 2. The van der Waals surface area contributed by atoms with Crippen molar-refractivity contribution in [3.05, 3.63) is 88.2 Å². The van der Waals surface area contributed by atoms with Crippen molar-refractivity contribution in [3.63, 3.8) is 0 Å². The summed E-state index contributed by atoms with van der Waals surface area (Å²) in [5.41, 5.74) is 1.98. The Labute approximate surface area is 185 Å². The van der Waals surface area contributed by atoms with Crippen molar-refractivity contribution < 1.29 is 45.6 Å². The first-order valence-electron chi connectivity index (χ1n) is 6.33. The van der Waals surface area contributed by atoms with Crippen molar-refractivity contribution >= 4 is 52.7 Å². The van der Waals surface area contributed by atoms with Crippen molar-refractivity contribution in [2.75, 3.05) is 0 Å². The van der Waals surface area contributed by atoms with Crippen molar-refractivity contribution in [1.29, 1.82) is 0 Å². The zero-order valence-electron chi connectivity index (χ0n) is 12.2. The van der Waals surface area contributed by atoms with E-state index in [9.17, 15) is 4.79 Å². The summed E-state index contributed by atoms with van der Waals surface area (Å²) in [5, 5.41) is 0. The first-order valence-corrected chi connectivity index (χ1v) is 7.46. The minimum atomic E-state index is -0.167. The van der Waals surface area contributed by atoms with Crippen molar-refractivity contribution in [1.82, 2.24) is 0 Å². The molecule has 2 aromatic rings. The third-order valence-corrected chi connectivity index (χ3v) is 2.41. The minimum Gasteiger partial charge on any atom is -0.319 e. The van der Waals surface area contributed by atoms with Gasteiger partial charge in [0.2, 0.25) is 0 Å². The number of hydrogen-bond donors (Lipinski definition) is 0. The molecule has 0 aliphatic rings. The number of ketones is 1. The van der Waals surface area contributed by atoms with Crippen LogP contribution in [-0.4, -0.2) is 5.78 Å².